The van der Waals surface area contributed by atoms with Gasteiger partial charge in [-0.25, -0.2) is 9.78 Å². The zero-order valence-corrected chi connectivity index (χ0v) is 18.3. The fraction of sp³-hybridized carbons (Fsp3) is 0.238. The third kappa shape index (κ3) is 4.43. The number of hydrogen-bond donors (Lipinski definition) is 1. The van der Waals surface area contributed by atoms with E-state index >= 15 is 0 Å². The van der Waals surface area contributed by atoms with Crippen molar-refractivity contribution in [1.29, 1.82) is 5.26 Å². The minimum absolute atomic E-state index is 0.0260. The number of alkyl halides is 3. The maximum absolute atomic E-state index is 13.2. The van der Waals surface area contributed by atoms with Gasteiger partial charge in [0.15, 0.2) is 11.2 Å². The average Bonchev–Trinajstić information content (AvgIpc) is 3.40. The molecule has 35 heavy (non-hydrogen) atoms. The number of aromatic nitrogens is 5. The van der Waals surface area contributed by atoms with Gasteiger partial charge in [0, 0.05) is 18.8 Å². The fourth-order valence-corrected chi connectivity index (χ4v) is 3.55. The molecular formula is C21H16F3N7O4. The maximum atomic E-state index is 13.2. The van der Waals surface area contributed by atoms with Crippen LogP contribution in [0.15, 0.2) is 44.7 Å². The van der Waals surface area contributed by atoms with Gasteiger partial charge in [0.25, 0.3) is 5.56 Å². The molecule has 0 fully saturated rings. The summed E-state index contributed by atoms with van der Waals surface area (Å²) in [5.74, 6) is -0.266. The Morgan fingerprint density at radius 3 is 2.63 bits per heavy atom. The first-order chi connectivity index (χ1) is 16.5. The van der Waals surface area contributed by atoms with Crippen molar-refractivity contribution in [3.63, 3.8) is 0 Å². The molecule has 0 aliphatic heterocycles. The molecule has 1 amide bonds. The molecule has 4 rings (SSSR count). The van der Waals surface area contributed by atoms with Gasteiger partial charge in [-0.3, -0.25) is 18.7 Å². The summed E-state index contributed by atoms with van der Waals surface area (Å²) in [6, 6.07) is 5.78. The quantitative estimate of drug-likeness (QED) is 0.452. The Morgan fingerprint density at radius 1 is 1.26 bits per heavy atom. The van der Waals surface area contributed by atoms with Crippen molar-refractivity contribution in [2.24, 2.45) is 7.05 Å². The summed E-state index contributed by atoms with van der Waals surface area (Å²) in [6.07, 6.45) is -3.61. The van der Waals surface area contributed by atoms with Crippen LogP contribution in [0.25, 0.3) is 11.2 Å². The van der Waals surface area contributed by atoms with E-state index < -0.39 is 41.0 Å². The molecule has 1 aromatic carbocycles. The molecule has 1 N–H and O–H groups in total. The average molecular weight is 487 g/mol. The van der Waals surface area contributed by atoms with Crippen LogP contribution >= 0.6 is 0 Å². The molecular weight excluding hydrogens is 471 g/mol. The van der Waals surface area contributed by atoms with E-state index in [1.54, 1.807) is 13.0 Å². The van der Waals surface area contributed by atoms with E-state index in [0.717, 1.165) is 21.3 Å². The van der Waals surface area contributed by atoms with Gasteiger partial charge in [-0.2, -0.15) is 18.4 Å². The lowest BCUT2D eigenvalue weighted by Gasteiger charge is -2.12. The second-order valence-electron chi connectivity index (χ2n) is 7.62. The lowest BCUT2D eigenvalue weighted by atomic mass is 10.1. The minimum atomic E-state index is -4.79. The topological polar surface area (TPSA) is 141 Å². The molecule has 180 valence electrons. The van der Waals surface area contributed by atoms with Crippen LogP contribution in [0.2, 0.25) is 0 Å². The molecule has 3 heterocycles. The first-order valence-corrected chi connectivity index (χ1v) is 9.97. The molecule has 4 aromatic rings. The predicted octanol–water partition coefficient (Wildman–Crippen LogP) is 1.77. The first kappa shape index (κ1) is 23.5. The van der Waals surface area contributed by atoms with Gasteiger partial charge < -0.3 is 14.4 Å². The van der Waals surface area contributed by atoms with E-state index in [2.05, 4.69) is 15.5 Å². The van der Waals surface area contributed by atoms with Crippen molar-refractivity contribution in [2.75, 3.05) is 5.32 Å². The molecule has 14 heteroatoms. The Bertz CT molecular complexity index is 1620. The summed E-state index contributed by atoms with van der Waals surface area (Å²) >= 11 is 0. The van der Waals surface area contributed by atoms with E-state index in [4.69, 9.17) is 9.78 Å². The standard InChI is InChI=1S/C21H16F3N7O4/c1-11-5-14(28-35-11)8-31-19(33)17-18(29(2)20(31)34)26-10-30(17)9-16(32)27-13-4-3-12(7-25)15(6-13)21(22,23)24/h3-6,10H,8-9H2,1-2H3,(H,27,32). The van der Waals surface area contributed by atoms with E-state index in [9.17, 15) is 27.6 Å². The molecule has 3 aromatic heterocycles. The molecule has 0 spiro atoms. The number of nitriles is 1. The van der Waals surface area contributed by atoms with Crippen LogP contribution in [0.1, 0.15) is 22.6 Å². The number of halogens is 3. The molecule has 0 atom stereocenters. The molecule has 0 saturated carbocycles. The number of amides is 1. The minimum Gasteiger partial charge on any atom is -0.361 e. The van der Waals surface area contributed by atoms with Gasteiger partial charge in [0.05, 0.1) is 30.1 Å². The number of benzene rings is 1. The van der Waals surface area contributed by atoms with Gasteiger partial charge >= 0.3 is 11.9 Å². The fourth-order valence-electron chi connectivity index (χ4n) is 3.55. The van der Waals surface area contributed by atoms with Crippen LogP contribution in [-0.2, 0) is 31.1 Å². The van der Waals surface area contributed by atoms with Crippen molar-refractivity contribution >= 4 is 22.8 Å². The smallest absolute Gasteiger partial charge is 0.361 e. The summed E-state index contributed by atoms with van der Waals surface area (Å²) in [5, 5.41) is 15.0. The van der Waals surface area contributed by atoms with Gasteiger partial charge in [-0.1, -0.05) is 5.16 Å². The van der Waals surface area contributed by atoms with Gasteiger partial charge in [0.1, 0.15) is 18.0 Å². The SMILES string of the molecule is Cc1cc(Cn2c(=O)c3c(ncn3CC(=O)Nc3ccc(C#N)c(C(F)(F)F)c3)n(C)c2=O)no1. The van der Waals surface area contributed by atoms with Crippen LogP contribution in [0.3, 0.4) is 0 Å². The molecule has 0 radical (unpaired) electrons. The molecule has 11 nitrogen and oxygen atoms in total. The van der Waals surface area contributed by atoms with Gasteiger partial charge in [-0.15, -0.1) is 0 Å². The van der Waals surface area contributed by atoms with Crippen molar-refractivity contribution in [3.8, 4) is 6.07 Å². The van der Waals surface area contributed by atoms with Crippen molar-refractivity contribution in [2.45, 2.75) is 26.2 Å². The number of carbonyl (C=O) groups is 1. The summed E-state index contributed by atoms with van der Waals surface area (Å²) in [7, 11) is 1.40. The Balaban J connectivity index is 1.66. The summed E-state index contributed by atoms with van der Waals surface area (Å²) in [4.78, 5) is 42.4. The highest BCUT2D eigenvalue weighted by Gasteiger charge is 2.34. The van der Waals surface area contributed by atoms with Crippen molar-refractivity contribution < 1.29 is 22.5 Å². The van der Waals surface area contributed by atoms with Crippen molar-refractivity contribution in [3.05, 3.63) is 74.0 Å². The molecule has 0 aliphatic rings. The Hall–Kier alpha value is -4.67. The van der Waals surface area contributed by atoms with E-state index in [-0.39, 0.29) is 23.4 Å². The lowest BCUT2D eigenvalue weighted by molar-refractivity contribution is -0.137. The van der Waals surface area contributed by atoms with Crippen molar-refractivity contribution in [1.82, 2.24) is 23.8 Å². The normalized spacial score (nSPS) is 11.5. The molecule has 0 saturated heterocycles. The van der Waals surface area contributed by atoms with E-state index in [0.29, 0.717) is 17.5 Å². The Morgan fingerprint density at radius 2 is 2.00 bits per heavy atom. The second kappa shape index (κ2) is 8.60. The lowest BCUT2D eigenvalue weighted by Crippen LogP contribution is -2.40. The zero-order valence-electron chi connectivity index (χ0n) is 18.3. The Labute approximate surface area is 193 Å². The number of carbonyl (C=O) groups excluding carboxylic acids is 1. The molecule has 0 unspecified atom stereocenters. The summed E-state index contributed by atoms with van der Waals surface area (Å²) < 4.78 is 47.8. The number of anilines is 1. The highest BCUT2D eigenvalue weighted by Crippen LogP contribution is 2.33. The predicted molar refractivity (Wildman–Crippen MR) is 114 cm³/mol. The highest BCUT2D eigenvalue weighted by atomic mass is 19.4. The van der Waals surface area contributed by atoms with E-state index in [1.165, 1.54) is 24.0 Å². The van der Waals surface area contributed by atoms with Crippen LogP contribution < -0.4 is 16.6 Å². The zero-order chi connectivity index (χ0) is 25.5. The van der Waals surface area contributed by atoms with Crippen LogP contribution in [-0.4, -0.2) is 29.7 Å². The monoisotopic (exact) mass is 487 g/mol. The van der Waals surface area contributed by atoms with Crippen LogP contribution in [0.5, 0.6) is 0 Å². The number of rotatable bonds is 5. The summed E-state index contributed by atoms with van der Waals surface area (Å²) in [6.45, 7) is 0.996. The number of hydrogen-bond acceptors (Lipinski definition) is 7. The maximum Gasteiger partial charge on any atom is 0.417 e. The third-order valence-electron chi connectivity index (χ3n) is 5.14. The summed E-state index contributed by atoms with van der Waals surface area (Å²) in [5.41, 5.74) is -3.03. The number of nitrogens with one attached hydrogen (secondary N) is 1. The van der Waals surface area contributed by atoms with Crippen LogP contribution in [0, 0.1) is 18.3 Å². The first-order valence-electron chi connectivity index (χ1n) is 9.97. The van der Waals surface area contributed by atoms with Crippen LogP contribution in [0.4, 0.5) is 18.9 Å². The molecule has 0 bridgehead atoms. The third-order valence-corrected chi connectivity index (χ3v) is 5.14. The largest absolute Gasteiger partial charge is 0.417 e. The molecule has 0 aliphatic carbocycles. The number of nitrogens with zero attached hydrogens (tertiary/aromatic N) is 6. The van der Waals surface area contributed by atoms with E-state index in [1.807, 2.05) is 0 Å². The number of fused-ring (bicyclic) bond motifs is 1. The number of imidazole rings is 1. The van der Waals surface area contributed by atoms with Gasteiger partial charge in [-0.05, 0) is 25.1 Å². The second-order valence-corrected chi connectivity index (χ2v) is 7.62. The highest BCUT2D eigenvalue weighted by molar-refractivity contribution is 5.91. The van der Waals surface area contributed by atoms with Gasteiger partial charge in [0.2, 0.25) is 5.91 Å². The Kier molecular flexibility index (Phi) is 5.77. The number of aryl methyl sites for hydroxylation is 2.